The highest BCUT2D eigenvalue weighted by molar-refractivity contribution is 6.32. The molecule has 0 saturated carbocycles. The fourth-order valence-corrected chi connectivity index (χ4v) is 2.26. The van der Waals surface area contributed by atoms with Gasteiger partial charge < -0.3 is 10.1 Å². The van der Waals surface area contributed by atoms with Crippen LogP contribution in [0.25, 0.3) is 0 Å². The van der Waals surface area contributed by atoms with Gasteiger partial charge in [0.1, 0.15) is 11.5 Å². The third kappa shape index (κ3) is 4.63. The smallest absolute Gasteiger partial charge is 0.146 e. The highest BCUT2D eigenvalue weighted by atomic mass is 35.5. The Kier molecular flexibility index (Phi) is 5.51. The summed E-state index contributed by atoms with van der Waals surface area (Å²) in [5.74, 6) is 1.32. The zero-order valence-corrected chi connectivity index (χ0v) is 13.9. The molecule has 0 spiro atoms. The van der Waals surface area contributed by atoms with Gasteiger partial charge in [-0.15, -0.1) is 0 Å². The van der Waals surface area contributed by atoms with Gasteiger partial charge in [-0.3, -0.25) is 0 Å². The standard InChI is InChI=1S/C17H19Cl2NO/c1-11(2)20-10-13-5-6-14(9-16(13)19)21-17-8-12(3)4-7-15(17)18/h4-9,11,20H,10H2,1-3H3. The molecule has 0 aliphatic carbocycles. The number of ether oxygens (including phenoxy) is 1. The Morgan fingerprint density at radius 3 is 2.48 bits per heavy atom. The Bertz CT molecular complexity index is 626. The zero-order chi connectivity index (χ0) is 15.4. The molecule has 0 aromatic heterocycles. The molecule has 2 aromatic rings. The van der Waals surface area contributed by atoms with Gasteiger partial charge in [-0.2, -0.15) is 0 Å². The Morgan fingerprint density at radius 2 is 1.81 bits per heavy atom. The molecule has 112 valence electrons. The molecule has 0 amide bonds. The fourth-order valence-electron chi connectivity index (χ4n) is 1.86. The molecule has 21 heavy (non-hydrogen) atoms. The second-order valence-corrected chi connectivity index (χ2v) is 6.14. The van der Waals surface area contributed by atoms with Crippen LogP contribution in [0.2, 0.25) is 10.0 Å². The van der Waals surface area contributed by atoms with Crippen molar-refractivity contribution in [1.82, 2.24) is 5.32 Å². The van der Waals surface area contributed by atoms with E-state index in [1.807, 2.05) is 43.3 Å². The number of rotatable bonds is 5. The summed E-state index contributed by atoms with van der Waals surface area (Å²) in [5.41, 5.74) is 2.14. The van der Waals surface area contributed by atoms with Crippen molar-refractivity contribution in [3.8, 4) is 11.5 Å². The van der Waals surface area contributed by atoms with Crippen LogP contribution >= 0.6 is 23.2 Å². The summed E-state index contributed by atoms with van der Waals surface area (Å²) >= 11 is 12.4. The summed E-state index contributed by atoms with van der Waals surface area (Å²) in [6.45, 7) is 6.94. The molecule has 1 N–H and O–H groups in total. The van der Waals surface area contributed by atoms with Crippen LogP contribution < -0.4 is 10.1 Å². The number of hydrogen-bond donors (Lipinski definition) is 1. The van der Waals surface area contributed by atoms with Crippen molar-refractivity contribution in [2.45, 2.75) is 33.4 Å². The van der Waals surface area contributed by atoms with Crippen molar-refractivity contribution in [2.24, 2.45) is 0 Å². The van der Waals surface area contributed by atoms with Gasteiger partial charge in [0, 0.05) is 17.6 Å². The van der Waals surface area contributed by atoms with Crippen molar-refractivity contribution in [2.75, 3.05) is 0 Å². The summed E-state index contributed by atoms with van der Waals surface area (Å²) in [7, 11) is 0. The minimum Gasteiger partial charge on any atom is -0.456 e. The van der Waals surface area contributed by atoms with E-state index in [0.29, 0.717) is 27.6 Å². The second-order valence-electron chi connectivity index (χ2n) is 5.32. The lowest BCUT2D eigenvalue weighted by Crippen LogP contribution is -2.21. The topological polar surface area (TPSA) is 21.3 Å². The van der Waals surface area contributed by atoms with Gasteiger partial charge in [-0.25, -0.2) is 0 Å². The van der Waals surface area contributed by atoms with E-state index in [0.717, 1.165) is 17.7 Å². The first kappa shape index (κ1) is 16.2. The van der Waals surface area contributed by atoms with Gasteiger partial charge in [-0.1, -0.05) is 49.2 Å². The molecule has 0 heterocycles. The monoisotopic (exact) mass is 323 g/mol. The lowest BCUT2D eigenvalue weighted by molar-refractivity contribution is 0.482. The predicted octanol–water partition coefficient (Wildman–Crippen LogP) is 5.59. The molecule has 4 heteroatoms. The summed E-state index contributed by atoms with van der Waals surface area (Å²) in [6, 6.07) is 11.8. The number of hydrogen-bond acceptors (Lipinski definition) is 2. The van der Waals surface area contributed by atoms with Crippen molar-refractivity contribution in [3.05, 3.63) is 57.6 Å². The minimum atomic E-state index is 0.420. The van der Waals surface area contributed by atoms with Crippen molar-refractivity contribution in [3.63, 3.8) is 0 Å². The molecule has 0 atom stereocenters. The molecule has 2 aromatic carbocycles. The largest absolute Gasteiger partial charge is 0.456 e. The number of aryl methyl sites for hydroxylation is 1. The van der Waals surface area contributed by atoms with Crippen LogP contribution in [-0.2, 0) is 6.54 Å². The highest BCUT2D eigenvalue weighted by Gasteiger charge is 2.07. The van der Waals surface area contributed by atoms with E-state index in [1.165, 1.54) is 0 Å². The molecule has 2 rings (SSSR count). The van der Waals surface area contributed by atoms with E-state index in [4.69, 9.17) is 27.9 Å². The van der Waals surface area contributed by atoms with Crippen molar-refractivity contribution < 1.29 is 4.74 Å². The fraction of sp³-hybridized carbons (Fsp3) is 0.294. The van der Waals surface area contributed by atoms with Crippen molar-refractivity contribution in [1.29, 1.82) is 0 Å². The normalized spacial score (nSPS) is 11.0. The summed E-state index contributed by atoms with van der Waals surface area (Å²) in [5, 5.41) is 4.61. The second kappa shape index (κ2) is 7.17. The van der Waals surface area contributed by atoms with Crippen LogP contribution in [0.3, 0.4) is 0 Å². The quantitative estimate of drug-likeness (QED) is 0.774. The van der Waals surface area contributed by atoms with Crippen LogP contribution in [0.15, 0.2) is 36.4 Å². The van der Waals surface area contributed by atoms with Gasteiger partial charge in [0.05, 0.1) is 5.02 Å². The van der Waals surface area contributed by atoms with Gasteiger partial charge in [0.15, 0.2) is 0 Å². The predicted molar refractivity (Wildman–Crippen MR) is 89.7 cm³/mol. The molecule has 0 fully saturated rings. The Morgan fingerprint density at radius 1 is 1.05 bits per heavy atom. The van der Waals surface area contributed by atoms with E-state index < -0.39 is 0 Å². The van der Waals surface area contributed by atoms with E-state index in [2.05, 4.69) is 19.2 Å². The van der Waals surface area contributed by atoms with Crippen LogP contribution in [-0.4, -0.2) is 6.04 Å². The zero-order valence-electron chi connectivity index (χ0n) is 12.4. The average Bonchev–Trinajstić information content (AvgIpc) is 2.42. The molecule has 2 nitrogen and oxygen atoms in total. The number of benzene rings is 2. The molecule has 0 radical (unpaired) electrons. The summed E-state index contributed by atoms with van der Waals surface area (Å²) < 4.78 is 5.81. The maximum atomic E-state index is 6.30. The summed E-state index contributed by atoms with van der Waals surface area (Å²) in [4.78, 5) is 0. The number of halogens is 2. The van der Waals surface area contributed by atoms with Gasteiger partial charge in [0.25, 0.3) is 0 Å². The molecular formula is C17H19Cl2NO. The first-order chi connectivity index (χ1) is 9.95. The molecule has 0 aliphatic heterocycles. The Labute approximate surface area is 136 Å². The molecule has 0 unspecified atom stereocenters. The molecular weight excluding hydrogens is 305 g/mol. The van der Waals surface area contributed by atoms with Crippen LogP contribution in [0.5, 0.6) is 11.5 Å². The Hall–Kier alpha value is -1.22. The van der Waals surface area contributed by atoms with E-state index in [1.54, 1.807) is 0 Å². The maximum absolute atomic E-state index is 6.30. The average molecular weight is 324 g/mol. The lowest BCUT2D eigenvalue weighted by Gasteiger charge is -2.12. The van der Waals surface area contributed by atoms with E-state index >= 15 is 0 Å². The van der Waals surface area contributed by atoms with Crippen molar-refractivity contribution >= 4 is 23.2 Å². The molecule has 0 saturated heterocycles. The number of nitrogens with one attached hydrogen (secondary N) is 1. The van der Waals surface area contributed by atoms with Gasteiger partial charge in [0.2, 0.25) is 0 Å². The molecule has 0 bridgehead atoms. The maximum Gasteiger partial charge on any atom is 0.146 e. The van der Waals surface area contributed by atoms with Crippen LogP contribution in [0.4, 0.5) is 0 Å². The highest BCUT2D eigenvalue weighted by Crippen LogP contribution is 2.32. The van der Waals surface area contributed by atoms with Crippen LogP contribution in [0, 0.1) is 6.92 Å². The first-order valence-electron chi connectivity index (χ1n) is 6.91. The van der Waals surface area contributed by atoms with Gasteiger partial charge in [-0.05, 0) is 42.3 Å². The van der Waals surface area contributed by atoms with Gasteiger partial charge >= 0.3 is 0 Å². The summed E-state index contributed by atoms with van der Waals surface area (Å²) in [6.07, 6.45) is 0. The third-order valence-electron chi connectivity index (χ3n) is 3.04. The van der Waals surface area contributed by atoms with E-state index in [-0.39, 0.29) is 0 Å². The van der Waals surface area contributed by atoms with Crippen LogP contribution in [0.1, 0.15) is 25.0 Å². The Balaban J connectivity index is 2.14. The van der Waals surface area contributed by atoms with E-state index in [9.17, 15) is 0 Å². The SMILES string of the molecule is Cc1ccc(Cl)c(Oc2ccc(CNC(C)C)c(Cl)c2)c1. The third-order valence-corrected chi connectivity index (χ3v) is 3.70. The minimum absolute atomic E-state index is 0.420. The first-order valence-corrected chi connectivity index (χ1v) is 7.67. The lowest BCUT2D eigenvalue weighted by atomic mass is 10.2. The molecule has 0 aliphatic rings.